The zero-order valence-corrected chi connectivity index (χ0v) is 8.14. The number of nitriles is 1. The maximum Gasteiger partial charge on any atom is 0.0635 e. The fourth-order valence-corrected chi connectivity index (χ4v) is 1.00. The number of rotatable bonds is 7. The van der Waals surface area contributed by atoms with Crippen molar-refractivity contribution in [2.45, 2.75) is 19.8 Å². The highest BCUT2D eigenvalue weighted by Gasteiger charge is 1.95. The van der Waals surface area contributed by atoms with Crippen molar-refractivity contribution in [1.82, 2.24) is 10.2 Å². The molecule has 0 atom stereocenters. The van der Waals surface area contributed by atoms with Gasteiger partial charge in [0.1, 0.15) is 0 Å². The van der Waals surface area contributed by atoms with Gasteiger partial charge in [-0.15, -0.1) is 0 Å². The van der Waals surface area contributed by atoms with Gasteiger partial charge in [0.2, 0.25) is 0 Å². The molecule has 0 aliphatic carbocycles. The molecule has 0 saturated carbocycles. The van der Waals surface area contributed by atoms with Gasteiger partial charge in [-0.05, 0) is 33.1 Å². The summed E-state index contributed by atoms with van der Waals surface area (Å²) in [6, 6.07) is 2.14. The van der Waals surface area contributed by atoms with Crippen molar-refractivity contribution in [2.75, 3.05) is 33.2 Å². The molecule has 0 heterocycles. The van der Waals surface area contributed by atoms with Crippen LogP contribution in [0.25, 0.3) is 0 Å². The zero-order chi connectivity index (χ0) is 9.23. The largest absolute Gasteiger partial charge is 0.317 e. The van der Waals surface area contributed by atoms with Gasteiger partial charge >= 0.3 is 0 Å². The van der Waals surface area contributed by atoms with Gasteiger partial charge in [-0.25, -0.2) is 0 Å². The molecule has 0 amide bonds. The molecule has 0 aliphatic rings. The molecule has 0 saturated heterocycles. The predicted octanol–water partition coefficient (Wildman–Crippen LogP) is 0.831. The van der Waals surface area contributed by atoms with E-state index in [4.69, 9.17) is 5.26 Å². The first-order valence-corrected chi connectivity index (χ1v) is 4.57. The molecule has 0 aromatic carbocycles. The van der Waals surface area contributed by atoms with Crippen LogP contribution in [0.3, 0.4) is 0 Å². The summed E-state index contributed by atoms with van der Waals surface area (Å²) in [5.74, 6) is 0. The van der Waals surface area contributed by atoms with Crippen LogP contribution >= 0.6 is 0 Å². The summed E-state index contributed by atoms with van der Waals surface area (Å²) < 4.78 is 0. The Balaban J connectivity index is 3.09. The normalized spacial score (nSPS) is 10.2. The van der Waals surface area contributed by atoms with Crippen LogP contribution in [-0.2, 0) is 0 Å². The average molecular weight is 169 g/mol. The van der Waals surface area contributed by atoms with E-state index in [9.17, 15) is 0 Å². The fourth-order valence-electron chi connectivity index (χ4n) is 1.00. The molecule has 3 heteroatoms. The summed E-state index contributed by atoms with van der Waals surface area (Å²) in [6.45, 7) is 6.20. The molecule has 0 aromatic rings. The predicted molar refractivity (Wildman–Crippen MR) is 50.9 cm³/mol. The Morgan fingerprint density at radius 2 is 2.17 bits per heavy atom. The Morgan fingerprint density at radius 1 is 1.42 bits per heavy atom. The molecule has 70 valence electrons. The van der Waals surface area contributed by atoms with Gasteiger partial charge in [0.15, 0.2) is 0 Å². The third-order valence-electron chi connectivity index (χ3n) is 1.75. The van der Waals surface area contributed by atoms with Crippen LogP contribution in [0.1, 0.15) is 19.8 Å². The highest BCUT2D eigenvalue weighted by atomic mass is 15.1. The fraction of sp³-hybridized carbons (Fsp3) is 0.889. The third-order valence-corrected chi connectivity index (χ3v) is 1.75. The van der Waals surface area contributed by atoms with Crippen molar-refractivity contribution in [1.29, 1.82) is 5.26 Å². The topological polar surface area (TPSA) is 39.1 Å². The number of nitrogens with one attached hydrogen (secondary N) is 1. The lowest BCUT2D eigenvalue weighted by atomic mass is 10.3. The second-order valence-electron chi connectivity index (χ2n) is 2.92. The minimum absolute atomic E-state index is 0.637. The molecule has 0 bridgehead atoms. The quantitative estimate of drug-likeness (QED) is 0.574. The lowest BCUT2D eigenvalue weighted by Crippen LogP contribution is -2.24. The van der Waals surface area contributed by atoms with E-state index in [1.807, 2.05) is 0 Å². The van der Waals surface area contributed by atoms with Gasteiger partial charge in [-0.2, -0.15) is 5.26 Å². The molecule has 0 rings (SSSR count). The van der Waals surface area contributed by atoms with Crippen LogP contribution < -0.4 is 5.32 Å². The van der Waals surface area contributed by atoms with Gasteiger partial charge in [-0.3, -0.25) is 0 Å². The van der Waals surface area contributed by atoms with Gasteiger partial charge in [-0.1, -0.05) is 6.92 Å². The summed E-state index contributed by atoms with van der Waals surface area (Å²) in [5.41, 5.74) is 0. The van der Waals surface area contributed by atoms with Crippen molar-refractivity contribution in [3.63, 3.8) is 0 Å². The standard InChI is InChI=1S/C9H19N3/c1-3-11-7-5-9-12(2)8-4-6-10/h11H,3-5,7-9H2,1-2H3. The molecule has 0 radical (unpaired) electrons. The lowest BCUT2D eigenvalue weighted by Gasteiger charge is -2.14. The zero-order valence-electron chi connectivity index (χ0n) is 8.14. The Kier molecular flexibility index (Phi) is 8.09. The highest BCUT2D eigenvalue weighted by Crippen LogP contribution is 1.88. The van der Waals surface area contributed by atoms with Crippen LogP contribution in [0.2, 0.25) is 0 Å². The van der Waals surface area contributed by atoms with E-state index in [1.54, 1.807) is 0 Å². The summed E-state index contributed by atoms with van der Waals surface area (Å²) in [5, 5.41) is 11.6. The molecule has 0 fully saturated rings. The van der Waals surface area contributed by atoms with Crippen LogP contribution in [0.15, 0.2) is 0 Å². The smallest absolute Gasteiger partial charge is 0.0635 e. The molecular formula is C9H19N3. The van der Waals surface area contributed by atoms with Gasteiger partial charge in [0.05, 0.1) is 6.07 Å². The van der Waals surface area contributed by atoms with E-state index in [1.165, 1.54) is 0 Å². The summed E-state index contributed by atoms with van der Waals surface area (Å²) >= 11 is 0. The van der Waals surface area contributed by atoms with Crippen LogP contribution in [0.4, 0.5) is 0 Å². The third kappa shape index (κ3) is 7.52. The van der Waals surface area contributed by atoms with E-state index in [2.05, 4.69) is 30.3 Å². The minimum Gasteiger partial charge on any atom is -0.317 e. The monoisotopic (exact) mass is 169 g/mol. The first-order valence-electron chi connectivity index (χ1n) is 4.57. The number of hydrogen-bond donors (Lipinski definition) is 1. The Morgan fingerprint density at radius 3 is 2.75 bits per heavy atom. The second kappa shape index (κ2) is 8.51. The summed E-state index contributed by atoms with van der Waals surface area (Å²) in [6.07, 6.45) is 1.80. The molecule has 0 unspecified atom stereocenters. The van der Waals surface area contributed by atoms with Gasteiger partial charge < -0.3 is 10.2 Å². The van der Waals surface area contributed by atoms with E-state index in [0.29, 0.717) is 6.42 Å². The number of hydrogen-bond acceptors (Lipinski definition) is 3. The van der Waals surface area contributed by atoms with Crippen molar-refractivity contribution in [3.8, 4) is 6.07 Å². The highest BCUT2D eigenvalue weighted by molar-refractivity contribution is 4.70. The van der Waals surface area contributed by atoms with Crippen molar-refractivity contribution in [3.05, 3.63) is 0 Å². The van der Waals surface area contributed by atoms with Gasteiger partial charge in [0, 0.05) is 13.0 Å². The van der Waals surface area contributed by atoms with E-state index < -0.39 is 0 Å². The van der Waals surface area contributed by atoms with Gasteiger partial charge in [0.25, 0.3) is 0 Å². The van der Waals surface area contributed by atoms with E-state index in [-0.39, 0.29) is 0 Å². The molecule has 0 spiro atoms. The molecule has 1 N–H and O–H groups in total. The summed E-state index contributed by atoms with van der Waals surface area (Å²) in [7, 11) is 2.06. The molecule has 3 nitrogen and oxygen atoms in total. The minimum atomic E-state index is 0.637. The second-order valence-corrected chi connectivity index (χ2v) is 2.92. The Bertz CT molecular complexity index is 128. The van der Waals surface area contributed by atoms with Crippen LogP contribution in [0.5, 0.6) is 0 Å². The van der Waals surface area contributed by atoms with Crippen LogP contribution in [-0.4, -0.2) is 38.1 Å². The first-order chi connectivity index (χ1) is 5.81. The maximum atomic E-state index is 8.34. The van der Waals surface area contributed by atoms with Crippen molar-refractivity contribution in [2.24, 2.45) is 0 Å². The molecular weight excluding hydrogens is 150 g/mol. The van der Waals surface area contributed by atoms with E-state index in [0.717, 1.165) is 32.6 Å². The molecule has 0 aromatic heterocycles. The average Bonchev–Trinajstić information content (AvgIpc) is 2.09. The Hall–Kier alpha value is -0.590. The SMILES string of the molecule is CCNCCCN(C)CCC#N. The van der Waals surface area contributed by atoms with Crippen LogP contribution in [0, 0.1) is 11.3 Å². The number of nitrogens with zero attached hydrogens (tertiary/aromatic N) is 2. The Labute approximate surface area is 75.4 Å². The first kappa shape index (κ1) is 11.4. The lowest BCUT2D eigenvalue weighted by molar-refractivity contribution is 0.335. The van der Waals surface area contributed by atoms with E-state index >= 15 is 0 Å². The molecule has 0 aliphatic heterocycles. The molecule has 12 heavy (non-hydrogen) atoms. The summed E-state index contributed by atoms with van der Waals surface area (Å²) in [4.78, 5) is 2.19. The van der Waals surface area contributed by atoms with Crippen molar-refractivity contribution < 1.29 is 0 Å². The van der Waals surface area contributed by atoms with Crippen molar-refractivity contribution >= 4 is 0 Å². The maximum absolute atomic E-state index is 8.34.